The van der Waals surface area contributed by atoms with Crippen molar-refractivity contribution < 1.29 is 0 Å². The van der Waals surface area contributed by atoms with E-state index in [9.17, 15) is 0 Å². The number of rotatable bonds is 1. The SMILES string of the molecule is C/C=C1\CC(C)C(N)C12CCN(CC)CC2. The molecule has 0 radical (unpaired) electrons. The van der Waals surface area contributed by atoms with Gasteiger partial charge in [0.15, 0.2) is 0 Å². The number of allylic oxidation sites excluding steroid dienone is 1. The lowest BCUT2D eigenvalue weighted by Gasteiger charge is -2.43. The summed E-state index contributed by atoms with van der Waals surface area (Å²) < 4.78 is 0. The molecule has 2 atom stereocenters. The highest BCUT2D eigenvalue weighted by atomic mass is 15.1. The molecule has 2 rings (SSSR count). The van der Waals surface area contributed by atoms with Gasteiger partial charge in [0.2, 0.25) is 0 Å². The van der Waals surface area contributed by atoms with Crippen molar-refractivity contribution in [3.05, 3.63) is 11.6 Å². The first-order valence-corrected chi connectivity index (χ1v) is 6.77. The minimum absolute atomic E-state index is 0.347. The van der Waals surface area contributed by atoms with Gasteiger partial charge in [0.05, 0.1) is 0 Å². The zero-order chi connectivity index (χ0) is 11.8. The minimum atomic E-state index is 0.347. The summed E-state index contributed by atoms with van der Waals surface area (Å²) in [6.45, 7) is 10.4. The molecule has 0 amide bonds. The molecule has 0 aromatic heterocycles. The summed E-state index contributed by atoms with van der Waals surface area (Å²) >= 11 is 0. The van der Waals surface area contributed by atoms with E-state index < -0.39 is 0 Å². The van der Waals surface area contributed by atoms with Crippen LogP contribution in [0.3, 0.4) is 0 Å². The van der Waals surface area contributed by atoms with Gasteiger partial charge < -0.3 is 10.6 Å². The third-order valence-electron chi connectivity index (χ3n) is 4.98. The van der Waals surface area contributed by atoms with Gasteiger partial charge in [-0.15, -0.1) is 0 Å². The molecule has 1 heterocycles. The fraction of sp³-hybridized carbons (Fsp3) is 0.857. The average Bonchev–Trinajstić information content (AvgIpc) is 2.55. The Morgan fingerprint density at radius 3 is 2.56 bits per heavy atom. The van der Waals surface area contributed by atoms with E-state index in [1.54, 1.807) is 5.57 Å². The number of piperidine rings is 1. The van der Waals surface area contributed by atoms with Gasteiger partial charge in [0, 0.05) is 11.5 Å². The number of nitrogens with two attached hydrogens (primary N) is 1. The van der Waals surface area contributed by atoms with Gasteiger partial charge in [0.25, 0.3) is 0 Å². The Balaban J connectivity index is 2.17. The Labute approximate surface area is 99.9 Å². The summed E-state index contributed by atoms with van der Waals surface area (Å²) in [6.07, 6.45) is 6.10. The molecule has 1 saturated heterocycles. The minimum Gasteiger partial charge on any atom is -0.327 e. The van der Waals surface area contributed by atoms with Crippen LogP contribution in [0.4, 0.5) is 0 Å². The molecule has 2 N–H and O–H groups in total. The Hall–Kier alpha value is -0.340. The molecular weight excluding hydrogens is 196 g/mol. The number of hydrogen-bond acceptors (Lipinski definition) is 2. The zero-order valence-corrected chi connectivity index (χ0v) is 11.0. The van der Waals surface area contributed by atoms with Crippen LogP contribution in [-0.4, -0.2) is 30.6 Å². The molecule has 2 aliphatic rings. The van der Waals surface area contributed by atoms with E-state index in [4.69, 9.17) is 5.73 Å². The second-order valence-corrected chi connectivity index (χ2v) is 5.61. The molecule has 2 unspecified atom stereocenters. The van der Waals surface area contributed by atoms with Crippen LogP contribution >= 0.6 is 0 Å². The summed E-state index contributed by atoms with van der Waals surface area (Å²) in [6, 6.07) is 0.387. The lowest BCUT2D eigenvalue weighted by molar-refractivity contribution is 0.119. The van der Waals surface area contributed by atoms with Crippen LogP contribution in [0.5, 0.6) is 0 Å². The fourth-order valence-electron chi connectivity index (χ4n) is 3.76. The van der Waals surface area contributed by atoms with Gasteiger partial charge in [-0.1, -0.05) is 25.5 Å². The van der Waals surface area contributed by atoms with Gasteiger partial charge in [-0.2, -0.15) is 0 Å². The van der Waals surface area contributed by atoms with Crippen LogP contribution in [0.2, 0.25) is 0 Å². The molecule has 1 aliphatic heterocycles. The van der Waals surface area contributed by atoms with Gasteiger partial charge in [-0.05, 0) is 51.7 Å². The molecule has 2 fully saturated rings. The first-order chi connectivity index (χ1) is 7.64. The molecule has 1 aliphatic carbocycles. The van der Waals surface area contributed by atoms with E-state index in [2.05, 4.69) is 31.7 Å². The molecule has 0 bridgehead atoms. The van der Waals surface area contributed by atoms with Crippen molar-refractivity contribution in [1.82, 2.24) is 4.90 Å². The van der Waals surface area contributed by atoms with Crippen molar-refractivity contribution in [2.45, 2.75) is 46.1 Å². The normalized spacial score (nSPS) is 37.4. The lowest BCUT2D eigenvalue weighted by atomic mass is 9.71. The van der Waals surface area contributed by atoms with Crippen LogP contribution in [-0.2, 0) is 0 Å². The molecule has 0 aromatic rings. The monoisotopic (exact) mass is 222 g/mol. The standard InChI is InChI=1S/C14H26N2/c1-4-12-10-11(3)13(15)14(12)6-8-16(5-2)9-7-14/h4,11,13H,5-10,15H2,1-3H3/b12-4+. The maximum atomic E-state index is 6.48. The molecule has 0 aromatic carbocycles. The van der Waals surface area contributed by atoms with Crippen molar-refractivity contribution in [3.63, 3.8) is 0 Å². The van der Waals surface area contributed by atoms with Gasteiger partial charge in [0.1, 0.15) is 0 Å². The fourth-order valence-corrected chi connectivity index (χ4v) is 3.76. The third-order valence-corrected chi connectivity index (χ3v) is 4.98. The quantitative estimate of drug-likeness (QED) is 0.690. The van der Waals surface area contributed by atoms with Crippen molar-refractivity contribution in [2.24, 2.45) is 17.1 Å². The maximum Gasteiger partial charge on any atom is 0.0163 e. The summed E-state index contributed by atoms with van der Waals surface area (Å²) in [5.41, 5.74) is 8.47. The van der Waals surface area contributed by atoms with Gasteiger partial charge in [-0.25, -0.2) is 0 Å². The van der Waals surface area contributed by atoms with Crippen LogP contribution in [0, 0.1) is 11.3 Å². The summed E-state index contributed by atoms with van der Waals surface area (Å²) in [7, 11) is 0. The van der Waals surface area contributed by atoms with Crippen molar-refractivity contribution >= 4 is 0 Å². The Kier molecular flexibility index (Phi) is 3.41. The predicted molar refractivity (Wildman–Crippen MR) is 69.3 cm³/mol. The first-order valence-electron chi connectivity index (χ1n) is 6.77. The second-order valence-electron chi connectivity index (χ2n) is 5.61. The Morgan fingerprint density at radius 1 is 1.44 bits per heavy atom. The summed E-state index contributed by atoms with van der Waals surface area (Å²) in [4.78, 5) is 2.55. The molecule has 1 spiro atoms. The topological polar surface area (TPSA) is 29.3 Å². The van der Waals surface area contributed by atoms with Gasteiger partial charge >= 0.3 is 0 Å². The third kappa shape index (κ3) is 1.72. The highest BCUT2D eigenvalue weighted by Crippen LogP contribution is 2.51. The van der Waals surface area contributed by atoms with Crippen LogP contribution in [0.25, 0.3) is 0 Å². The number of nitrogens with zero attached hydrogens (tertiary/aromatic N) is 1. The Morgan fingerprint density at radius 2 is 2.06 bits per heavy atom. The number of hydrogen-bond donors (Lipinski definition) is 1. The van der Waals surface area contributed by atoms with Crippen LogP contribution in [0.1, 0.15) is 40.0 Å². The van der Waals surface area contributed by atoms with E-state index in [0.717, 1.165) is 0 Å². The highest BCUT2D eigenvalue weighted by molar-refractivity contribution is 5.25. The molecular formula is C14H26N2. The molecule has 2 nitrogen and oxygen atoms in total. The van der Waals surface area contributed by atoms with E-state index in [1.807, 2.05) is 0 Å². The van der Waals surface area contributed by atoms with E-state index in [0.29, 0.717) is 17.4 Å². The maximum absolute atomic E-state index is 6.48. The molecule has 1 saturated carbocycles. The lowest BCUT2D eigenvalue weighted by Crippen LogP contribution is -2.48. The highest BCUT2D eigenvalue weighted by Gasteiger charge is 2.48. The molecule has 92 valence electrons. The summed E-state index contributed by atoms with van der Waals surface area (Å²) in [5.74, 6) is 0.666. The van der Waals surface area contributed by atoms with Crippen molar-refractivity contribution in [2.75, 3.05) is 19.6 Å². The molecule has 2 heteroatoms. The van der Waals surface area contributed by atoms with E-state index in [1.165, 1.54) is 38.9 Å². The largest absolute Gasteiger partial charge is 0.327 e. The van der Waals surface area contributed by atoms with E-state index >= 15 is 0 Å². The Bertz CT molecular complexity index is 274. The average molecular weight is 222 g/mol. The van der Waals surface area contributed by atoms with E-state index in [-0.39, 0.29) is 0 Å². The second kappa shape index (κ2) is 4.50. The van der Waals surface area contributed by atoms with Gasteiger partial charge in [-0.3, -0.25) is 0 Å². The van der Waals surface area contributed by atoms with Crippen LogP contribution in [0.15, 0.2) is 11.6 Å². The predicted octanol–water partition coefficient (Wildman–Crippen LogP) is 2.40. The van der Waals surface area contributed by atoms with Crippen molar-refractivity contribution in [3.8, 4) is 0 Å². The summed E-state index contributed by atoms with van der Waals surface area (Å²) in [5, 5.41) is 0. The zero-order valence-electron chi connectivity index (χ0n) is 11.0. The smallest absolute Gasteiger partial charge is 0.0163 e. The molecule has 16 heavy (non-hydrogen) atoms. The van der Waals surface area contributed by atoms with Crippen molar-refractivity contribution in [1.29, 1.82) is 0 Å². The first kappa shape index (κ1) is 12.1. The number of likely N-dealkylation sites (tertiary alicyclic amines) is 1. The van der Waals surface area contributed by atoms with Crippen LogP contribution < -0.4 is 5.73 Å².